The first-order chi connectivity index (χ1) is 14.8. The number of halogens is 2. The van der Waals surface area contributed by atoms with Gasteiger partial charge in [0.2, 0.25) is 0 Å². The van der Waals surface area contributed by atoms with Gasteiger partial charge in [0.25, 0.3) is 11.8 Å². The van der Waals surface area contributed by atoms with E-state index in [1.807, 2.05) is 24.9 Å². The van der Waals surface area contributed by atoms with Crippen LogP contribution in [0.3, 0.4) is 0 Å². The van der Waals surface area contributed by atoms with Gasteiger partial charge in [0.15, 0.2) is 5.75 Å². The summed E-state index contributed by atoms with van der Waals surface area (Å²) in [5.41, 5.74) is 2.73. The highest BCUT2D eigenvalue weighted by molar-refractivity contribution is 6.33. The summed E-state index contributed by atoms with van der Waals surface area (Å²) in [5.74, 6) is -0.728. The van der Waals surface area contributed by atoms with Crippen LogP contribution in [0.25, 0.3) is 0 Å². The SMILES string of the molecule is CNC(=O)c1ccc(Cc2cc3c(c(Cl)c2C)OC[C@@H]2CN(C)CCN2C3=O)cc1F. The zero-order chi connectivity index (χ0) is 22.3. The van der Waals surface area contributed by atoms with Gasteiger partial charge in [-0.25, -0.2) is 4.39 Å². The van der Waals surface area contributed by atoms with Crippen LogP contribution in [0.15, 0.2) is 24.3 Å². The van der Waals surface area contributed by atoms with Crippen molar-refractivity contribution in [2.45, 2.75) is 19.4 Å². The largest absolute Gasteiger partial charge is 0.489 e. The number of carbonyl (C=O) groups is 2. The average Bonchev–Trinajstić information content (AvgIpc) is 2.88. The van der Waals surface area contributed by atoms with Gasteiger partial charge in [0.1, 0.15) is 12.4 Å². The van der Waals surface area contributed by atoms with Gasteiger partial charge >= 0.3 is 0 Å². The lowest BCUT2D eigenvalue weighted by atomic mass is 9.96. The molecule has 1 N–H and O–H groups in total. The molecule has 164 valence electrons. The molecule has 2 aromatic rings. The van der Waals surface area contributed by atoms with Gasteiger partial charge in [-0.05, 0) is 55.3 Å². The molecule has 31 heavy (non-hydrogen) atoms. The van der Waals surface area contributed by atoms with Crippen LogP contribution < -0.4 is 10.1 Å². The lowest BCUT2D eigenvalue weighted by Crippen LogP contribution is -2.55. The van der Waals surface area contributed by atoms with Gasteiger partial charge in [-0.2, -0.15) is 0 Å². The van der Waals surface area contributed by atoms with Crippen molar-refractivity contribution >= 4 is 23.4 Å². The molecule has 6 nitrogen and oxygen atoms in total. The van der Waals surface area contributed by atoms with Crippen LogP contribution in [0.2, 0.25) is 5.02 Å². The number of nitrogens with one attached hydrogen (secondary N) is 1. The van der Waals surface area contributed by atoms with Gasteiger partial charge in [0.05, 0.1) is 22.2 Å². The van der Waals surface area contributed by atoms with E-state index in [9.17, 15) is 14.0 Å². The van der Waals surface area contributed by atoms with Crippen molar-refractivity contribution in [2.24, 2.45) is 0 Å². The van der Waals surface area contributed by atoms with Crippen molar-refractivity contribution in [1.29, 1.82) is 0 Å². The van der Waals surface area contributed by atoms with Crippen molar-refractivity contribution in [1.82, 2.24) is 15.1 Å². The molecule has 0 saturated carbocycles. The topological polar surface area (TPSA) is 61.9 Å². The number of fused-ring (bicyclic) bond motifs is 2. The molecule has 2 aliphatic rings. The Morgan fingerprint density at radius 2 is 2.10 bits per heavy atom. The van der Waals surface area contributed by atoms with E-state index >= 15 is 0 Å². The van der Waals surface area contributed by atoms with Crippen molar-refractivity contribution < 1.29 is 18.7 Å². The molecule has 4 rings (SSSR count). The van der Waals surface area contributed by atoms with Crippen LogP contribution in [0, 0.1) is 12.7 Å². The zero-order valence-corrected chi connectivity index (χ0v) is 18.6. The molecule has 0 aliphatic carbocycles. The lowest BCUT2D eigenvalue weighted by molar-refractivity contribution is 0.0442. The molecule has 0 unspecified atom stereocenters. The highest BCUT2D eigenvalue weighted by Crippen LogP contribution is 2.38. The van der Waals surface area contributed by atoms with Crippen LogP contribution >= 0.6 is 11.6 Å². The van der Waals surface area contributed by atoms with Crippen molar-refractivity contribution in [3.8, 4) is 5.75 Å². The molecule has 2 heterocycles. The molecular formula is C23H25ClFN3O3. The van der Waals surface area contributed by atoms with Crippen LogP contribution in [-0.4, -0.2) is 68.0 Å². The summed E-state index contributed by atoms with van der Waals surface area (Å²) in [6.07, 6.45) is 0.378. The maximum Gasteiger partial charge on any atom is 0.258 e. The van der Waals surface area contributed by atoms with Crippen molar-refractivity contribution in [3.05, 3.63) is 62.9 Å². The Labute approximate surface area is 185 Å². The average molecular weight is 446 g/mol. The minimum absolute atomic E-state index is 0.00683. The number of likely N-dealkylation sites (N-methyl/N-ethyl adjacent to an activating group) is 1. The molecule has 0 aromatic heterocycles. The number of ether oxygens (including phenoxy) is 1. The predicted molar refractivity (Wildman–Crippen MR) is 117 cm³/mol. The molecule has 8 heteroatoms. The van der Waals surface area contributed by atoms with Crippen LogP contribution in [0.1, 0.15) is 37.4 Å². The standard InChI is InChI=1S/C23H25ClFN3O3/c1-13-15(8-14-4-5-17(19(25)9-14)22(29)26-2)10-18-21(20(13)24)31-12-16-11-27(3)6-7-28(16)23(18)30/h4-5,9-10,16H,6-8,11-12H2,1-3H3,(H,26,29)/t16-/m0/s1. The maximum absolute atomic E-state index is 14.4. The normalized spacial score (nSPS) is 18.7. The van der Waals surface area contributed by atoms with E-state index in [2.05, 4.69) is 10.2 Å². The number of amides is 2. The van der Waals surface area contributed by atoms with Crippen molar-refractivity contribution in [2.75, 3.05) is 40.3 Å². The van der Waals surface area contributed by atoms with Gasteiger partial charge in [-0.1, -0.05) is 17.7 Å². The fraction of sp³-hybridized carbons (Fsp3) is 0.391. The van der Waals surface area contributed by atoms with E-state index in [1.165, 1.54) is 19.2 Å². The Morgan fingerprint density at radius 1 is 1.32 bits per heavy atom. The fourth-order valence-corrected chi connectivity index (χ4v) is 4.50. The predicted octanol–water partition coefficient (Wildman–Crippen LogP) is 2.89. The van der Waals surface area contributed by atoms with Crippen LogP contribution in [0.5, 0.6) is 5.75 Å². The highest BCUT2D eigenvalue weighted by Gasteiger charge is 2.36. The third-order valence-electron chi connectivity index (χ3n) is 6.07. The van der Waals surface area contributed by atoms with E-state index in [1.54, 1.807) is 6.07 Å². The molecule has 2 aliphatic heterocycles. The van der Waals surface area contributed by atoms with Gasteiger partial charge in [0, 0.05) is 26.7 Å². The maximum atomic E-state index is 14.4. The second kappa shape index (κ2) is 8.48. The summed E-state index contributed by atoms with van der Waals surface area (Å²) in [6, 6.07) is 6.31. The molecule has 2 aromatic carbocycles. The molecule has 2 amide bonds. The second-order valence-electron chi connectivity index (χ2n) is 8.15. The first-order valence-electron chi connectivity index (χ1n) is 10.2. The van der Waals surface area contributed by atoms with Crippen molar-refractivity contribution in [3.63, 3.8) is 0 Å². The fourth-order valence-electron chi connectivity index (χ4n) is 4.22. The third-order valence-corrected chi connectivity index (χ3v) is 6.53. The van der Waals surface area contributed by atoms with Gasteiger partial charge < -0.3 is 19.9 Å². The Bertz CT molecular complexity index is 1060. The van der Waals surface area contributed by atoms with E-state index in [0.29, 0.717) is 41.5 Å². The number of nitrogens with zero attached hydrogens (tertiary/aromatic N) is 2. The summed E-state index contributed by atoms with van der Waals surface area (Å²) in [5, 5.41) is 2.84. The molecule has 1 saturated heterocycles. The monoisotopic (exact) mass is 445 g/mol. The number of rotatable bonds is 3. The molecule has 1 atom stereocenters. The summed E-state index contributed by atoms with van der Waals surface area (Å²) in [6.45, 7) is 4.46. The number of benzene rings is 2. The van der Waals surface area contributed by atoms with Gasteiger partial charge in [-0.15, -0.1) is 0 Å². The van der Waals surface area contributed by atoms with E-state index < -0.39 is 11.7 Å². The Hall–Kier alpha value is -2.64. The van der Waals surface area contributed by atoms with Crippen LogP contribution in [0.4, 0.5) is 4.39 Å². The molecule has 0 spiro atoms. The first-order valence-corrected chi connectivity index (χ1v) is 10.6. The quantitative estimate of drug-likeness (QED) is 0.789. The minimum Gasteiger partial charge on any atom is -0.489 e. The molecule has 0 radical (unpaired) electrons. The Kier molecular flexibility index (Phi) is 5.90. The summed E-state index contributed by atoms with van der Waals surface area (Å²) in [4.78, 5) is 29.1. The van der Waals surface area contributed by atoms with Crippen LogP contribution in [-0.2, 0) is 6.42 Å². The molecule has 0 bridgehead atoms. The Morgan fingerprint density at radius 3 is 2.81 bits per heavy atom. The number of hydrogen-bond donors (Lipinski definition) is 1. The molecule has 1 fully saturated rings. The Balaban J connectivity index is 1.68. The van der Waals surface area contributed by atoms with Gasteiger partial charge in [-0.3, -0.25) is 9.59 Å². The lowest BCUT2D eigenvalue weighted by Gasteiger charge is -2.38. The summed E-state index contributed by atoms with van der Waals surface area (Å²) >= 11 is 6.63. The summed E-state index contributed by atoms with van der Waals surface area (Å²) in [7, 11) is 3.49. The molecular weight excluding hydrogens is 421 g/mol. The zero-order valence-electron chi connectivity index (χ0n) is 17.8. The first kappa shape index (κ1) is 21.6. The highest BCUT2D eigenvalue weighted by atomic mass is 35.5. The van der Waals surface area contributed by atoms with E-state index in [4.69, 9.17) is 16.3 Å². The minimum atomic E-state index is -0.588. The van der Waals surface area contributed by atoms with E-state index in [0.717, 1.165) is 24.2 Å². The smallest absolute Gasteiger partial charge is 0.258 e. The number of hydrogen-bond acceptors (Lipinski definition) is 4. The van der Waals surface area contributed by atoms with E-state index in [-0.39, 0.29) is 17.5 Å². The summed E-state index contributed by atoms with van der Waals surface area (Å²) < 4.78 is 20.4. The number of piperazine rings is 1. The third kappa shape index (κ3) is 4.00. The number of carbonyl (C=O) groups excluding carboxylic acids is 2. The second-order valence-corrected chi connectivity index (χ2v) is 8.53.